The highest BCUT2D eigenvalue weighted by molar-refractivity contribution is 7.51. The van der Waals surface area contributed by atoms with Gasteiger partial charge in [0.05, 0.1) is 11.1 Å². The van der Waals surface area contributed by atoms with E-state index in [0.29, 0.717) is 29.3 Å². The third-order valence-corrected chi connectivity index (χ3v) is 6.66. The standard InChI is InChI=1S/C26H29N3O4.O2S/c1-6-28-25(33-19-11-9-18(10-12-19)29(31)32)22(15-27-28)24(30)21-14-16(2)20-8-7-13-26(4,5)23(20)17(21)3;1-3-2/h9-12,14-15H,6-8,13H2,1-5H3;. The largest absolute Gasteiger partial charge is 0.438 e. The number of aryl methyl sites for hydroxylation is 2. The predicted molar refractivity (Wildman–Crippen MR) is 135 cm³/mol. The molecule has 10 heteroatoms. The highest BCUT2D eigenvalue weighted by Gasteiger charge is 2.33. The topological polar surface area (TPSA) is 121 Å². The van der Waals surface area contributed by atoms with E-state index in [0.717, 1.165) is 30.4 Å². The van der Waals surface area contributed by atoms with Crippen molar-refractivity contribution in [2.24, 2.45) is 0 Å². The Morgan fingerprint density at radius 2 is 1.83 bits per heavy atom. The number of carbonyl (C=O) groups excluding carboxylic acids is 1. The Kier molecular flexibility index (Phi) is 8.19. The summed E-state index contributed by atoms with van der Waals surface area (Å²) in [5, 5.41) is 15.3. The summed E-state index contributed by atoms with van der Waals surface area (Å²) in [5.74, 6) is 0.617. The monoisotopic (exact) mass is 511 g/mol. The predicted octanol–water partition coefficient (Wildman–Crippen LogP) is 5.40. The van der Waals surface area contributed by atoms with Gasteiger partial charge in [0.25, 0.3) is 5.69 Å². The van der Waals surface area contributed by atoms with Crippen LogP contribution in [0.15, 0.2) is 36.5 Å². The fourth-order valence-electron chi connectivity index (χ4n) is 5.03. The number of ketones is 1. The summed E-state index contributed by atoms with van der Waals surface area (Å²) in [6, 6.07) is 7.80. The van der Waals surface area contributed by atoms with Gasteiger partial charge >= 0.3 is 11.6 Å². The number of aromatic nitrogens is 2. The van der Waals surface area contributed by atoms with Crippen LogP contribution in [0.5, 0.6) is 11.6 Å². The van der Waals surface area contributed by atoms with Crippen molar-refractivity contribution < 1.29 is 22.9 Å². The van der Waals surface area contributed by atoms with Crippen molar-refractivity contribution in [2.45, 2.75) is 65.8 Å². The first-order valence-corrected chi connectivity index (χ1v) is 12.3. The molecule has 1 aromatic heterocycles. The number of nitro benzene ring substituents is 1. The Morgan fingerprint density at radius 1 is 1.19 bits per heavy atom. The van der Waals surface area contributed by atoms with Crippen LogP contribution in [0.1, 0.15) is 71.8 Å². The molecule has 0 saturated heterocycles. The molecule has 0 atom stereocenters. The second-order valence-corrected chi connectivity index (χ2v) is 9.52. The molecule has 190 valence electrons. The van der Waals surface area contributed by atoms with Gasteiger partial charge in [-0.3, -0.25) is 14.9 Å². The van der Waals surface area contributed by atoms with Crippen molar-refractivity contribution in [3.63, 3.8) is 0 Å². The molecule has 0 fully saturated rings. The minimum absolute atomic E-state index is 0.0183. The first-order chi connectivity index (χ1) is 17.0. The van der Waals surface area contributed by atoms with E-state index in [-0.39, 0.29) is 16.9 Å². The molecule has 4 rings (SSSR count). The van der Waals surface area contributed by atoms with E-state index in [1.807, 2.05) is 19.9 Å². The molecule has 0 amide bonds. The molecule has 0 N–H and O–H groups in total. The van der Waals surface area contributed by atoms with Gasteiger partial charge in [-0.05, 0) is 85.9 Å². The smallest absolute Gasteiger partial charge is 0.335 e. The minimum Gasteiger partial charge on any atom is -0.438 e. The van der Waals surface area contributed by atoms with Crippen molar-refractivity contribution in [1.29, 1.82) is 0 Å². The quantitative estimate of drug-likeness (QED) is 0.247. The molecule has 2 aromatic carbocycles. The zero-order valence-electron chi connectivity index (χ0n) is 21.0. The second-order valence-electron chi connectivity index (χ2n) is 9.39. The number of hydrogen-bond donors (Lipinski definition) is 0. The maximum Gasteiger partial charge on any atom is 0.335 e. The first kappa shape index (κ1) is 26.9. The number of rotatable bonds is 6. The highest BCUT2D eigenvalue weighted by atomic mass is 32.1. The average Bonchev–Trinajstić information content (AvgIpc) is 3.23. The lowest BCUT2D eigenvalue weighted by Crippen LogP contribution is -2.27. The van der Waals surface area contributed by atoms with Gasteiger partial charge in [-0.25, -0.2) is 4.68 Å². The van der Waals surface area contributed by atoms with Gasteiger partial charge in [-0.2, -0.15) is 13.5 Å². The fraction of sp³-hybridized carbons (Fsp3) is 0.385. The number of nitro groups is 1. The molecule has 0 aliphatic heterocycles. The number of non-ortho nitro benzene ring substituents is 1. The van der Waals surface area contributed by atoms with Gasteiger partial charge in [0.1, 0.15) is 11.3 Å². The van der Waals surface area contributed by atoms with Gasteiger partial charge in [0.15, 0.2) is 5.78 Å². The molecular weight excluding hydrogens is 482 g/mol. The third kappa shape index (κ3) is 5.28. The van der Waals surface area contributed by atoms with E-state index in [4.69, 9.17) is 13.2 Å². The molecule has 3 aromatic rings. The van der Waals surface area contributed by atoms with Gasteiger partial charge in [0, 0.05) is 24.2 Å². The number of carbonyl (C=O) groups is 1. The van der Waals surface area contributed by atoms with Crippen molar-refractivity contribution in [2.75, 3.05) is 0 Å². The third-order valence-electron chi connectivity index (χ3n) is 6.66. The molecule has 1 heterocycles. The van der Waals surface area contributed by atoms with Crippen LogP contribution in [-0.4, -0.2) is 28.9 Å². The molecule has 0 spiro atoms. The molecule has 0 bridgehead atoms. The molecule has 0 saturated carbocycles. The maximum atomic E-state index is 13.8. The van der Waals surface area contributed by atoms with E-state index >= 15 is 0 Å². The van der Waals surface area contributed by atoms with E-state index in [1.54, 1.807) is 10.9 Å². The number of hydrogen-bond acceptors (Lipinski definition) is 7. The van der Waals surface area contributed by atoms with Crippen LogP contribution >= 0.6 is 0 Å². The zero-order valence-corrected chi connectivity index (χ0v) is 21.8. The van der Waals surface area contributed by atoms with Crippen LogP contribution < -0.4 is 4.74 Å². The Labute approximate surface area is 213 Å². The van der Waals surface area contributed by atoms with Crippen molar-refractivity contribution in [3.05, 3.63) is 80.0 Å². The van der Waals surface area contributed by atoms with Crippen LogP contribution in [0.3, 0.4) is 0 Å². The minimum atomic E-state index is -0.750. The van der Waals surface area contributed by atoms with Crippen LogP contribution in [-0.2, 0) is 30.0 Å². The summed E-state index contributed by atoms with van der Waals surface area (Å²) < 4.78 is 24.2. The maximum absolute atomic E-state index is 13.8. The van der Waals surface area contributed by atoms with Crippen molar-refractivity contribution in [3.8, 4) is 11.6 Å². The summed E-state index contributed by atoms with van der Waals surface area (Å²) in [6.45, 7) is 11.1. The van der Waals surface area contributed by atoms with Crippen molar-refractivity contribution >= 4 is 23.0 Å². The Hall–Kier alpha value is -3.66. The molecular formula is C26H29N3O6S. The molecule has 1 aliphatic carbocycles. The lowest BCUT2D eigenvalue weighted by Gasteiger charge is -2.36. The number of benzene rings is 2. The normalized spacial score (nSPS) is 13.7. The molecule has 0 radical (unpaired) electrons. The Balaban J connectivity index is 0.00000115. The summed E-state index contributed by atoms with van der Waals surface area (Å²) in [6.07, 6.45) is 4.85. The van der Waals surface area contributed by atoms with E-state index in [1.165, 1.54) is 35.4 Å². The van der Waals surface area contributed by atoms with Crippen LogP contribution in [0, 0.1) is 24.0 Å². The lowest BCUT2D eigenvalue weighted by molar-refractivity contribution is -0.384. The van der Waals surface area contributed by atoms with Gasteiger partial charge in [0.2, 0.25) is 5.88 Å². The molecule has 1 aliphatic rings. The van der Waals surface area contributed by atoms with E-state index in [2.05, 4.69) is 25.9 Å². The van der Waals surface area contributed by atoms with Gasteiger partial charge < -0.3 is 4.74 Å². The second kappa shape index (κ2) is 10.9. The lowest BCUT2D eigenvalue weighted by atomic mass is 9.68. The van der Waals surface area contributed by atoms with E-state index in [9.17, 15) is 14.9 Å². The van der Waals surface area contributed by atoms with Crippen LogP contribution in [0.4, 0.5) is 5.69 Å². The highest BCUT2D eigenvalue weighted by Crippen LogP contribution is 2.42. The SMILES string of the molecule is CCn1ncc(C(=O)c2cc(C)c3c(c2C)C(C)(C)CCC3)c1Oc1ccc([N+](=O)[O-])cc1.O=S=O. The summed E-state index contributed by atoms with van der Waals surface area (Å²) in [5.41, 5.74) is 5.87. The molecule has 9 nitrogen and oxygen atoms in total. The van der Waals surface area contributed by atoms with Crippen LogP contribution in [0.25, 0.3) is 0 Å². The summed E-state index contributed by atoms with van der Waals surface area (Å²) in [4.78, 5) is 24.3. The van der Waals surface area contributed by atoms with Gasteiger partial charge in [-0.15, -0.1) is 0 Å². The molecule has 36 heavy (non-hydrogen) atoms. The van der Waals surface area contributed by atoms with Crippen LogP contribution in [0.2, 0.25) is 0 Å². The average molecular weight is 512 g/mol. The fourth-order valence-corrected chi connectivity index (χ4v) is 5.03. The number of fused-ring (bicyclic) bond motifs is 1. The number of ether oxygens (including phenoxy) is 1. The van der Waals surface area contributed by atoms with E-state index < -0.39 is 16.5 Å². The molecule has 0 unspecified atom stereocenters. The summed E-state index contributed by atoms with van der Waals surface area (Å²) >= 11 is -0.750. The Morgan fingerprint density at radius 3 is 2.42 bits per heavy atom. The van der Waals surface area contributed by atoms with Crippen molar-refractivity contribution in [1.82, 2.24) is 9.78 Å². The van der Waals surface area contributed by atoms with Gasteiger partial charge in [-0.1, -0.05) is 13.8 Å². The summed E-state index contributed by atoms with van der Waals surface area (Å²) in [7, 11) is 0. The first-order valence-electron chi connectivity index (χ1n) is 11.6. The number of nitrogens with zero attached hydrogens (tertiary/aromatic N) is 3. The Bertz CT molecular complexity index is 1340. The zero-order chi connectivity index (χ0) is 26.6.